The van der Waals surface area contributed by atoms with Crippen LogP contribution in [0.15, 0.2) is 48.7 Å². The Morgan fingerprint density at radius 1 is 0.966 bits per heavy atom. The Morgan fingerprint density at radius 2 is 1.76 bits per heavy atom. The molecule has 0 aliphatic rings. The van der Waals surface area contributed by atoms with Crippen LogP contribution in [0.25, 0.3) is 22.6 Å². The predicted molar refractivity (Wildman–Crippen MR) is 110 cm³/mol. The molecule has 0 aliphatic heterocycles. The van der Waals surface area contributed by atoms with E-state index in [1.54, 1.807) is 11.8 Å². The zero-order valence-electron chi connectivity index (χ0n) is 16.5. The Morgan fingerprint density at radius 3 is 2.55 bits per heavy atom. The van der Waals surface area contributed by atoms with Gasteiger partial charge in [-0.15, -0.1) is 5.10 Å². The van der Waals surface area contributed by atoms with Gasteiger partial charge in [0.25, 0.3) is 0 Å². The number of ether oxygens (including phenoxy) is 1. The summed E-state index contributed by atoms with van der Waals surface area (Å²) < 4.78 is 7.28. The number of anilines is 1. The molecule has 3 aromatic heterocycles. The smallest absolute Gasteiger partial charge is 0.221 e. The number of hydrogen-bond donors (Lipinski definition) is 1. The number of aromatic nitrogens is 6. The van der Waals surface area contributed by atoms with Crippen molar-refractivity contribution in [1.29, 1.82) is 0 Å². The van der Waals surface area contributed by atoms with Crippen molar-refractivity contribution in [3.05, 3.63) is 65.6 Å². The summed E-state index contributed by atoms with van der Waals surface area (Å²) in [7, 11) is 1.64. The van der Waals surface area contributed by atoms with Gasteiger partial charge in [0.2, 0.25) is 5.95 Å². The Hall–Kier alpha value is -3.81. The van der Waals surface area contributed by atoms with Crippen LogP contribution in [0, 0.1) is 13.8 Å². The molecule has 0 unspecified atom stereocenters. The fraction of sp³-hybridized carbons (Fsp3) is 0.190. The van der Waals surface area contributed by atoms with Gasteiger partial charge in [0.1, 0.15) is 11.4 Å². The summed E-state index contributed by atoms with van der Waals surface area (Å²) in [5, 5.41) is 8.45. The van der Waals surface area contributed by atoms with Gasteiger partial charge in [0, 0.05) is 11.3 Å². The fourth-order valence-electron chi connectivity index (χ4n) is 3.21. The first-order chi connectivity index (χ1) is 14.0. The third kappa shape index (κ3) is 3.91. The lowest BCUT2D eigenvalue weighted by atomic mass is 10.1. The van der Waals surface area contributed by atoms with Crippen LogP contribution in [0.4, 0.5) is 5.95 Å². The molecule has 4 rings (SSSR count). The van der Waals surface area contributed by atoms with E-state index in [2.05, 4.69) is 25.3 Å². The molecule has 3 heterocycles. The van der Waals surface area contributed by atoms with Crippen LogP contribution in [0.2, 0.25) is 0 Å². The molecule has 1 aromatic carbocycles. The molecule has 0 bridgehead atoms. The van der Waals surface area contributed by atoms with E-state index in [4.69, 9.17) is 10.5 Å². The van der Waals surface area contributed by atoms with E-state index >= 15 is 0 Å². The predicted octanol–water partition coefficient (Wildman–Crippen LogP) is 3.05. The van der Waals surface area contributed by atoms with Crippen LogP contribution >= 0.6 is 0 Å². The van der Waals surface area contributed by atoms with Gasteiger partial charge in [-0.05, 0) is 43.7 Å². The van der Waals surface area contributed by atoms with Gasteiger partial charge >= 0.3 is 0 Å². The van der Waals surface area contributed by atoms with Crippen molar-refractivity contribution in [1.82, 2.24) is 29.9 Å². The van der Waals surface area contributed by atoms with Gasteiger partial charge in [-0.1, -0.05) is 23.4 Å². The highest BCUT2D eigenvalue weighted by Crippen LogP contribution is 2.33. The maximum atomic E-state index is 5.98. The summed E-state index contributed by atoms with van der Waals surface area (Å²) >= 11 is 0. The molecule has 0 radical (unpaired) electrons. The highest BCUT2D eigenvalue weighted by atomic mass is 16.5. The van der Waals surface area contributed by atoms with Crippen molar-refractivity contribution in [2.45, 2.75) is 20.4 Å². The maximum Gasteiger partial charge on any atom is 0.221 e. The molecular formula is C21H21N7O. The summed E-state index contributed by atoms with van der Waals surface area (Å²) in [6.07, 6.45) is 1.82. The van der Waals surface area contributed by atoms with Crippen LogP contribution in [0.5, 0.6) is 5.75 Å². The SMILES string of the molecule is COc1c(C)cccc1-c1cc(-c2cn(Cc3cccc(C)n3)nn2)nc(N)n1. The third-order valence-electron chi connectivity index (χ3n) is 4.51. The Kier molecular flexibility index (Phi) is 4.90. The topological polar surface area (TPSA) is 105 Å². The number of rotatable bonds is 5. The van der Waals surface area contributed by atoms with Crippen molar-refractivity contribution in [2.24, 2.45) is 0 Å². The first kappa shape index (κ1) is 18.5. The number of nitrogens with zero attached hydrogens (tertiary/aromatic N) is 6. The first-order valence-corrected chi connectivity index (χ1v) is 9.15. The van der Waals surface area contributed by atoms with Gasteiger partial charge in [-0.3, -0.25) is 4.98 Å². The molecular weight excluding hydrogens is 366 g/mol. The molecule has 0 atom stereocenters. The number of pyridine rings is 1. The lowest BCUT2D eigenvalue weighted by Crippen LogP contribution is -2.03. The van der Waals surface area contributed by atoms with E-state index in [9.17, 15) is 0 Å². The van der Waals surface area contributed by atoms with E-state index < -0.39 is 0 Å². The molecule has 0 saturated heterocycles. The van der Waals surface area contributed by atoms with Crippen molar-refractivity contribution in [2.75, 3.05) is 12.8 Å². The third-order valence-corrected chi connectivity index (χ3v) is 4.51. The zero-order chi connectivity index (χ0) is 20.4. The molecule has 0 aliphatic carbocycles. The van der Waals surface area contributed by atoms with Gasteiger partial charge in [0.15, 0.2) is 0 Å². The Labute approximate surface area is 168 Å². The summed E-state index contributed by atoms with van der Waals surface area (Å²) in [5.41, 5.74) is 11.6. The maximum absolute atomic E-state index is 5.98. The molecule has 0 amide bonds. The molecule has 0 fully saturated rings. The molecule has 0 saturated carbocycles. The minimum atomic E-state index is 0.163. The van der Waals surface area contributed by atoms with Crippen molar-refractivity contribution >= 4 is 5.95 Å². The standard InChI is InChI=1S/C21H21N7O/c1-13-6-4-9-16(20(13)29-3)17-10-18(25-21(22)24-17)19-12-28(27-26-19)11-15-8-5-7-14(2)23-15/h4-10,12H,11H2,1-3H3,(H2,22,24,25). The normalized spacial score (nSPS) is 10.9. The van der Waals surface area contributed by atoms with Crippen molar-refractivity contribution in [3.63, 3.8) is 0 Å². The number of methoxy groups -OCH3 is 1. The highest BCUT2D eigenvalue weighted by molar-refractivity contribution is 5.73. The molecule has 8 nitrogen and oxygen atoms in total. The molecule has 2 N–H and O–H groups in total. The second kappa shape index (κ2) is 7.67. The van der Waals surface area contributed by atoms with Crippen LogP contribution in [-0.4, -0.2) is 37.1 Å². The molecule has 8 heteroatoms. The Bertz CT molecular complexity index is 1170. The monoisotopic (exact) mass is 387 g/mol. The second-order valence-corrected chi connectivity index (χ2v) is 6.72. The fourth-order valence-corrected chi connectivity index (χ4v) is 3.21. The number of hydrogen-bond acceptors (Lipinski definition) is 7. The highest BCUT2D eigenvalue weighted by Gasteiger charge is 2.14. The quantitative estimate of drug-likeness (QED) is 0.561. The minimum absolute atomic E-state index is 0.163. The summed E-state index contributed by atoms with van der Waals surface area (Å²) in [6.45, 7) is 4.47. The minimum Gasteiger partial charge on any atom is -0.496 e. The van der Waals surface area contributed by atoms with Gasteiger partial charge in [0.05, 0.1) is 36.9 Å². The van der Waals surface area contributed by atoms with Gasteiger partial charge < -0.3 is 10.5 Å². The second-order valence-electron chi connectivity index (χ2n) is 6.72. The van der Waals surface area contributed by atoms with Crippen LogP contribution in [-0.2, 0) is 6.54 Å². The average Bonchev–Trinajstić information content (AvgIpc) is 3.16. The number of para-hydroxylation sites is 1. The lowest BCUT2D eigenvalue weighted by molar-refractivity contribution is 0.413. The molecule has 0 spiro atoms. The lowest BCUT2D eigenvalue weighted by Gasteiger charge is -2.11. The van der Waals surface area contributed by atoms with Gasteiger partial charge in [-0.25, -0.2) is 14.6 Å². The molecule has 29 heavy (non-hydrogen) atoms. The van der Waals surface area contributed by atoms with E-state index in [0.717, 1.165) is 28.3 Å². The number of nitrogens with two attached hydrogens (primary N) is 1. The van der Waals surface area contributed by atoms with E-state index in [1.807, 2.05) is 62.5 Å². The van der Waals surface area contributed by atoms with Crippen LogP contribution in [0.1, 0.15) is 17.0 Å². The molecule has 146 valence electrons. The van der Waals surface area contributed by atoms with E-state index in [0.29, 0.717) is 23.6 Å². The summed E-state index contributed by atoms with van der Waals surface area (Å²) in [4.78, 5) is 13.2. The number of benzene rings is 1. The Balaban J connectivity index is 1.69. The largest absolute Gasteiger partial charge is 0.496 e. The average molecular weight is 387 g/mol. The summed E-state index contributed by atoms with van der Waals surface area (Å²) in [5.74, 6) is 0.918. The number of nitrogen functional groups attached to an aromatic ring is 1. The summed E-state index contributed by atoms with van der Waals surface area (Å²) in [6, 6.07) is 13.6. The first-order valence-electron chi connectivity index (χ1n) is 9.15. The van der Waals surface area contributed by atoms with Crippen molar-refractivity contribution < 1.29 is 4.74 Å². The van der Waals surface area contributed by atoms with Crippen LogP contribution in [0.3, 0.4) is 0 Å². The van der Waals surface area contributed by atoms with Crippen molar-refractivity contribution in [3.8, 4) is 28.4 Å². The van der Waals surface area contributed by atoms with E-state index in [-0.39, 0.29) is 5.95 Å². The molecule has 4 aromatic rings. The van der Waals surface area contributed by atoms with E-state index in [1.165, 1.54) is 0 Å². The zero-order valence-corrected chi connectivity index (χ0v) is 16.5. The number of aryl methyl sites for hydroxylation is 2. The van der Waals surface area contributed by atoms with Crippen LogP contribution < -0.4 is 10.5 Å². The van der Waals surface area contributed by atoms with Gasteiger partial charge in [-0.2, -0.15) is 0 Å².